The highest BCUT2D eigenvalue weighted by molar-refractivity contribution is 5.14. The molecule has 2 atom stereocenters. The van der Waals surface area contributed by atoms with Crippen LogP contribution in [0.1, 0.15) is 44.1 Å². The van der Waals surface area contributed by atoms with Gasteiger partial charge in [0.25, 0.3) is 0 Å². The van der Waals surface area contributed by atoms with Crippen LogP contribution in [-0.4, -0.2) is 30.1 Å². The molecule has 0 bridgehead atoms. The lowest BCUT2D eigenvalue weighted by atomic mass is 9.89. The second-order valence-electron chi connectivity index (χ2n) is 6.07. The smallest absolute Gasteiger partial charge is 0.0249 e. The van der Waals surface area contributed by atoms with Gasteiger partial charge >= 0.3 is 0 Å². The van der Waals surface area contributed by atoms with Crippen molar-refractivity contribution in [1.29, 1.82) is 0 Å². The Bertz CT molecular complexity index is 370. The van der Waals surface area contributed by atoms with Crippen molar-refractivity contribution in [3.05, 3.63) is 35.9 Å². The predicted octanol–water partition coefficient (Wildman–Crippen LogP) is 3.18. The summed E-state index contributed by atoms with van der Waals surface area (Å²) in [5, 5.41) is 3.82. The van der Waals surface area contributed by atoms with Crippen molar-refractivity contribution in [2.45, 2.75) is 57.2 Å². The highest BCUT2D eigenvalue weighted by Crippen LogP contribution is 2.26. The zero-order valence-corrected chi connectivity index (χ0v) is 11.9. The van der Waals surface area contributed by atoms with Gasteiger partial charge in [-0.05, 0) is 44.3 Å². The van der Waals surface area contributed by atoms with E-state index < -0.39 is 0 Å². The Hall–Kier alpha value is -0.860. The van der Waals surface area contributed by atoms with E-state index in [1.54, 1.807) is 0 Å². The largest absolute Gasteiger partial charge is 0.308 e. The highest BCUT2D eigenvalue weighted by atomic mass is 15.2. The van der Waals surface area contributed by atoms with E-state index in [0.717, 1.165) is 12.6 Å². The summed E-state index contributed by atoms with van der Waals surface area (Å²) in [7, 11) is 0. The molecule has 1 aromatic carbocycles. The Morgan fingerprint density at radius 2 is 1.68 bits per heavy atom. The lowest BCUT2D eigenvalue weighted by Crippen LogP contribution is -2.50. The van der Waals surface area contributed by atoms with Crippen LogP contribution in [0.25, 0.3) is 0 Å². The van der Waals surface area contributed by atoms with Crippen molar-refractivity contribution in [3.63, 3.8) is 0 Å². The van der Waals surface area contributed by atoms with Crippen molar-refractivity contribution in [2.24, 2.45) is 0 Å². The van der Waals surface area contributed by atoms with Crippen molar-refractivity contribution >= 4 is 0 Å². The van der Waals surface area contributed by atoms with Crippen LogP contribution in [0, 0.1) is 0 Å². The Labute approximate surface area is 117 Å². The standard InChI is InChI=1S/C17H26N2/c1-2-8-15(9-3-1)14-18-16-10-4-5-11-17(16)19-12-6-7-13-19/h1-3,8-9,16-18H,4-7,10-14H2/t16-,17-/m0/s1. The molecule has 2 heteroatoms. The Morgan fingerprint density at radius 1 is 0.947 bits per heavy atom. The van der Waals surface area contributed by atoms with Gasteiger partial charge in [-0.2, -0.15) is 0 Å². The lowest BCUT2D eigenvalue weighted by molar-refractivity contribution is 0.147. The maximum absolute atomic E-state index is 3.82. The first-order chi connectivity index (χ1) is 9.43. The van der Waals surface area contributed by atoms with Gasteiger partial charge < -0.3 is 5.32 Å². The quantitative estimate of drug-likeness (QED) is 0.892. The van der Waals surface area contributed by atoms with E-state index in [4.69, 9.17) is 0 Å². The second kappa shape index (κ2) is 6.53. The van der Waals surface area contributed by atoms with Crippen LogP contribution >= 0.6 is 0 Å². The molecule has 1 saturated heterocycles. The van der Waals surface area contributed by atoms with Gasteiger partial charge in [0.2, 0.25) is 0 Å². The molecule has 0 spiro atoms. The number of hydrogen-bond donors (Lipinski definition) is 1. The summed E-state index contributed by atoms with van der Waals surface area (Å²) in [6, 6.07) is 12.3. The Balaban J connectivity index is 1.57. The first-order valence-corrected chi connectivity index (χ1v) is 7.95. The SMILES string of the molecule is c1ccc(CN[C@H]2CCCC[C@@H]2N2CCCC2)cc1. The number of benzene rings is 1. The van der Waals surface area contributed by atoms with Gasteiger partial charge in [-0.25, -0.2) is 0 Å². The maximum Gasteiger partial charge on any atom is 0.0249 e. The fourth-order valence-electron chi connectivity index (χ4n) is 3.70. The number of likely N-dealkylation sites (tertiary alicyclic amines) is 1. The predicted molar refractivity (Wildman–Crippen MR) is 80.1 cm³/mol. The number of hydrogen-bond acceptors (Lipinski definition) is 2. The molecule has 0 radical (unpaired) electrons. The van der Waals surface area contributed by atoms with Crippen molar-refractivity contribution in [1.82, 2.24) is 10.2 Å². The molecule has 0 unspecified atom stereocenters. The molecule has 104 valence electrons. The molecule has 3 rings (SSSR count). The average Bonchev–Trinajstić information content (AvgIpc) is 3.01. The normalized spacial score (nSPS) is 28.6. The third-order valence-corrected chi connectivity index (χ3v) is 4.75. The second-order valence-corrected chi connectivity index (χ2v) is 6.07. The van der Waals surface area contributed by atoms with Crippen LogP contribution < -0.4 is 5.32 Å². The van der Waals surface area contributed by atoms with Gasteiger partial charge in [0, 0.05) is 18.6 Å². The molecule has 0 aromatic heterocycles. The summed E-state index contributed by atoms with van der Waals surface area (Å²) in [5.41, 5.74) is 1.41. The minimum atomic E-state index is 0.701. The van der Waals surface area contributed by atoms with Crippen LogP contribution in [0.15, 0.2) is 30.3 Å². The van der Waals surface area contributed by atoms with Crippen molar-refractivity contribution in [2.75, 3.05) is 13.1 Å². The van der Waals surface area contributed by atoms with E-state index in [0.29, 0.717) is 6.04 Å². The topological polar surface area (TPSA) is 15.3 Å². The molecule has 2 nitrogen and oxygen atoms in total. The summed E-state index contributed by atoms with van der Waals surface area (Å²) >= 11 is 0. The molecular weight excluding hydrogens is 232 g/mol. The first kappa shape index (κ1) is 13.1. The van der Waals surface area contributed by atoms with Crippen LogP contribution in [0.4, 0.5) is 0 Å². The zero-order chi connectivity index (χ0) is 12.9. The molecule has 2 fully saturated rings. The van der Waals surface area contributed by atoms with Gasteiger partial charge in [0.05, 0.1) is 0 Å². The first-order valence-electron chi connectivity index (χ1n) is 7.95. The van der Waals surface area contributed by atoms with Crippen LogP contribution in [0.3, 0.4) is 0 Å². The molecule has 2 aliphatic rings. The van der Waals surface area contributed by atoms with E-state index in [1.165, 1.54) is 57.2 Å². The Morgan fingerprint density at radius 3 is 2.47 bits per heavy atom. The molecule has 1 N–H and O–H groups in total. The van der Waals surface area contributed by atoms with E-state index in [1.807, 2.05) is 0 Å². The summed E-state index contributed by atoms with van der Waals surface area (Å²) in [6.07, 6.45) is 8.38. The molecule has 19 heavy (non-hydrogen) atoms. The van der Waals surface area contributed by atoms with E-state index in [-0.39, 0.29) is 0 Å². The van der Waals surface area contributed by atoms with Gasteiger partial charge in [0.15, 0.2) is 0 Å². The fraction of sp³-hybridized carbons (Fsp3) is 0.647. The molecule has 1 aliphatic heterocycles. The number of nitrogens with zero attached hydrogens (tertiary/aromatic N) is 1. The summed E-state index contributed by atoms with van der Waals surface area (Å²) in [6.45, 7) is 3.68. The number of rotatable bonds is 4. The Kier molecular flexibility index (Phi) is 4.52. The zero-order valence-electron chi connectivity index (χ0n) is 11.9. The van der Waals surface area contributed by atoms with Gasteiger partial charge in [-0.3, -0.25) is 4.90 Å². The summed E-state index contributed by atoms with van der Waals surface area (Å²) < 4.78 is 0. The fourth-order valence-corrected chi connectivity index (χ4v) is 3.70. The number of nitrogens with one attached hydrogen (secondary N) is 1. The maximum atomic E-state index is 3.82. The molecule has 1 aliphatic carbocycles. The molecule has 1 saturated carbocycles. The van der Waals surface area contributed by atoms with Gasteiger partial charge in [0.1, 0.15) is 0 Å². The van der Waals surface area contributed by atoms with Gasteiger partial charge in [-0.1, -0.05) is 43.2 Å². The van der Waals surface area contributed by atoms with Crippen molar-refractivity contribution in [3.8, 4) is 0 Å². The van der Waals surface area contributed by atoms with Gasteiger partial charge in [-0.15, -0.1) is 0 Å². The molecule has 1 heterocycles. The highest BCUT2D eigenvalue weighted by Gasteiger charge is 2.30. The lowest BCUT2D eigenvalue weighted by Gasteiger charge is -2.38. The summed E-state index contributed by atoms with van der Waals surface area (Å²) in [4.78, 5) is 2.74. The minimum Gasteiger partial charge on any atom is -0.308 e. The monoisotopic (exact) mass is 258 g/mol. The molecule has 1 aromatic rings. The van der Waals surface area contributed by atoms with E-state index in [2.05, 4.69) is 40.5 Å². The van der Waals surface area contributed by atoms with E-state index in [9.17, 15) is 0 Å². The minimum absolute atomic E-state index is 0.701. The van der Waals surface area contributed by atoms with Crippen molar-refractivity contribution < 1.29 is 0 Å². The molecule has 0 amide bonds. The summed E-state index contributed by atoms with van der Waals surface area (Å²) in [5.74, 6) is 0. The van der Waals surface area contributed by atoms with Crippen LogP contribution in [0.2, 0.25) is 0 Å². The van der Waals surface area contributed by atoms with Crippen LogP contribution in [0.5, 0.6) is 0 Å². The molecular formula is C17H26N2. The third-order valence-electron chi connectivity index (χ3n) is 4.75. The van der Waals surface area contributed by atoms with Crippen LogP contribution in [-0.2, 0) is 6.54 Å². The van der Waals surface area contributed by atoms with E-state index >= 15 is 0 Å². The average molecular weight is 258 g/mol. The third kappa shape index (κ3) is 3.37.